The van der Waals surface area contributed by atoms with E-state index in [0.717, 1.165) is 0 Å². The van der Waals surface area contributed by atoms with Crippen molar-refractivity contribution >= 4 is 23.7 Å². The van der Waals surface area contributed by atoms with Crippen LogP contribution in [-0.4, -0.2) is 37.3 Å². The Hall–Kier alpha value is -3.06. The van der Waals surface area contributed by atoms with Crippen LogP contribution < -0.4 is 0 Å². The standard InChI is InChI=1S/C24H21F5O5S2/c1-18(24(27,28)29)22(30)34-17-23(25,26)36(31,32,33)35(19-11-5-2-6-12-19,20-13-7-3-8-14-20)21-15-9-4-10-16-21/h2-16H,1,17H2,(H2,31,32,33). The second kappa shape index (κ2) is 9.43. The fourth-order valence-corrected chi connectivity index (χ4v) is 12.9. The van der Waals surface area contributed by atoms with Crippen molar-refractivity contribution in [1.29, 1.82) is 0 Å². The Kier molecular flexibility index (Phi) is 7.21. The van der Waals surface area contributed by atoms with Gasteiger partial charge in [0.05, 0.1) is 0 Å². The number of rotatable bonds is 8. The zero-order chi connectivity index (χ0) is 26.9. The molecule has 0 amide bonds. The van der Waals surface area contributed by atoms with Gasteiger partial charge in [0.15, 0.2) is 15.3 Å². The second-order valence-corrected chi connectivity index (χ2v) is 15.5. The summed E-state index contributed by atoms with van der Waals surface area (Å²) in [6.07, 6.45) is -5.28. The largest absolute Gasteiger partial charge is 0.454 e. The monoisotopic (exact) mass is 548 g/mol. The molecule has 194 valence electrons. The van der Waals surface area contributed by atoms with Crippen molar-refractivity contribution < 1.29 is 44.8 Å². The van der Waals surface area contributed by atoms with Crippen LogP contribution in [0.15, 0.2) is 118 Å². The summed E-state index contributed by atoms with van der Waals surface area (Å²) in [5.74, 6) is -2.27. The van der Waals surface area contributed by atoms with E-state index >= 15 is 8.78 Å². The molecule has 2 N–H and O–H groups in total. The number of hydrogen-bond donors (Lipinski definition) is 2. The highest BCUT2D eigenvalue weighted by atomic mass is 33.2. The summed E-state index contributed by atoms with van der Waals surface area (Å²) in [5.41, 5.74) is -2.09. The van der Waals surface area contributed by atoms with Crippen molar-refractivity contribution in [1.82, 2.24) is 0 Å². The van der Waals surface area contributed by atoms with E-state index in [1.165, 1.54) is 91.0 Å². The highest BCUT2D eigenvalue weighted by molar-refractivity contribution is 8.97. The summed E-state index contributed by atoms with van der Waals surface area (Å²) in [5, 5.41) is -5.13. The Bertz CT molecular complexity index is 1210. The van der Waals surface area contributed by atoms with Gasteiger partial charge in [-0.2, -0.15) is 22.0 Å². The summed E-state index contributed by atoms with van der Waals surface area (Å²) in [7, 11) is -11.5. The fourth-order valence-electron chi connectivity index (χ4n) is 3.40. The fraction of sp³-hybridized carbons (Fsp3) is 0.125. The predicted octanol–water partition coefficient (Wildman–Crippen LogP) is 6.90. The quantitative estimate of drug-likeness (QED) is 0.138. The molecule has 5 nitrogen and oxygen atoms in total. The zero-order valence-corrected chi connectivity index (χ0v) is 20.0. The summed E-state index contributed by atoms with van der Waals surface area (Å²) < 4.78 is 111. The van der Waals surface area contributed by atoms with Gasteiger partial charge in [-0.15, -0.1) is 0 Å². The molecule has 0 aromatic heterocycles. The molecule has 0 aliphatic carbocycles. The molecule has 3 rings (SSSR count). The minimum Gasteiger partial charge on any atom is -0.454 e. The zero-order valence-electron chi connectivity index (χ0n) is 18.4. The van der Waals surface area contributed by atoms with Crippen molar-refractivity contribution in [2.24, 2.45) is 0 Å². The van der Waals surface area contributed by atoms with Crippen LogP contribution in [0.1, 0.15) is 0 Å². The first-order valence-electron chi connectivity index (χ1n) is 10.1. The van der Waals surface area contributed by atoms with Gasteiger partial charge in [0.25, 0.3) is 0 Å². The van der Waals surface area contributed by atoms with Gasteiger partial charge in [0.1, 0.15) is 5.57 Å². The van der Waals surface area contributed by atoms with Crippen molar-refractivity contribution in [2.45, 2.75) is 26.1 Å². The Balaban J connectivity index is 2.30. The smallest absolute Gasteiger partial charge is 0.422 e. The maximum Gasteiger partial charge on any atom is 0.422 e. The number of halogens is 5. The molecule has 0 fully saturated rings. The highest BCUT2D eigenvalue weighted by Crippen LogP contribution is 2.82. The van der Waals surface area contributed by atoms with Crippen LogP contribution in [0.25, 0.3) is 0 Å². The number of carbonyl (C=O) groups is 1. The SMILES string of the molecule is C=C(C(=O)OCC(F)(F)S(=O)(O)(O)S(c1ccccc1)(c1ccccc1)c1ccccc1)C(F)(F)F. The van der Waals surface area contributed by atoms with Gasteiger partial charge in [0.2, 0.25) is 0 Å². The van der Waals surface area contributed by atoms with Crippen molar-refractivity contribution in [3.05, 3.63) is 103 Å². The topological polar surface area (TPSA) is 83.8 Å². The maximum atomic E-state index is 15.7. The van der Waals surface area contributed by atoms with Gasteiger partial charge >= 0.3 is 17.4 Å². The molecule has 0 saturated carbocycles. The minimum atomic E-state index is -7.35. The van der Waals surface area contributed by atoms with Crippen LogP contribution in [0.3, 0.4) is 0 Å². The summed E-state index contributed by atoms with van der Waals surface area (Å²) in [4.78, 5) is 11.3. The number of benzene rings is 3. The van der Waals surface area contributed by atoms with Crippen molar-refractivity contribution in [3.63, 3.8) is 0 Å². The first-order valence-corrected chi connectivity index (χ1v) is 14.1. The Morgan fingerprint density at radius 1 is 0.778 bits per heavy atom. The number of ether oxygens (including phenoxy) is 1. The molecule has 36 heavy (non-hydrogen) atoms. The van der Waals surface area contributed by atoms with Crippen LogP contribution in [0, 0.1) is 0 Å². The average Bonchev–Trinajstić information content (AvgIpc) is 2.83. The predicted molar refractivity (Wildman–Crippen MR) is 126 cm³/mol. The van der Waals surface area contributed by atoms with E-state index in [-0.39, 0.29) is 14.7 Å². The Morgan fingerprint density at radius 2 is 1.11 bits per heavy atom. The molecule has 3 aromatic carbocycles. The van der Waals surface area contributed by atoms with Crippen LogP contribution in [0.2, 0.25) is 0 Å². The van der Waals surface area contributed by atoms with Gasteiger partial charge in [-0.25, -0.2) is 9.00 Å². The normalized spacial score (nSPS) is 14.4. The molecular formula is C24H21F5O5S2. The van der Waals surface area contributed by atoms with Crippen molar-refractivity contribution in [3.8, 4) is 0 Å². The first-order chi connectivity index (χ1) is 16.6. The molecule has 0 radical (unpaired) electrons. The van der Waals surface area contributed by atoms with E-state index in [1.54, 1.807) is 0 Å². The molecule has 0 heterocycles. The molecule has 0 unspecified atom stereocenters. The van der Waals surface area contributed by atoms with Crippen LogP contribution >= 0.6 is 9.06 Å². The number of carbonyl (C=O) groups excluding carboxylic acids is 1. The van der Waals surface area contributed by atoms with E-state index in [0.29, 0.717) is 0 Å². The van der Waals surface area contributed by atoms with Crippen molar-refractivity contribution in [2.75, 3.05) is 6.61 Å². The lowest BCUT2D eigenvalue weighted by molar-refractivity contribution is -0.156. The van der Waals surface area contributed by atoms with Gasteiger partial charge in [-0.05, 0) is 36.4 Å². The van der Waals surface area contributed by atoms with Crippen LogP contribution in [-0.2, 0) is 18.2 Å². The third kappa shape index (κ3) is 4.45. The van der Waals surface area contributed by atoms with E-state index in [9.17, 15) is 31.3 Å². The number of esters is 1. The lowest BCUT2D eigenvalue weighted by Crippen LogP contribution is -2.55. The third-order valence-corrected chi connectivity index (χ3v) is 15.2. The summed E-state index contributed by atoms with van der Waals surface area (Å²) in [6, 6.07) is 20.7. The van der Waals surface area contributed by atoms with E-state index in [2.05, 4.69) is 11.3 Å². The molecule has 0 spiro atoms. The van der Waals surface area contributed by atoms with E-state index in [1.807, 2.05) is 0 Å². The van der Waals surface area contributed by atoms with Gasteiger partial charge in [-0.1, -0.05) is 70.2 Å². The maximum absolute atomic E-state index is 15.7. The summed E-state index contributed by atoms with van der Waals surface area (Å²) >= 11 is 0. The van der Waals surface area contributed by atoms with Gasteiger partial charge < -0.3 is 4.74 Å². The first kappa shape index (κ1) is 27.5. The lowest BCUT2D eigenvalue weighted by Gasteiger charge is -2.56. The lowest BCUT2D eigenvalue weighted by atomic mass is 10.3. The van der Waals surface area contributed by atoms with Gasteiger partial charge in [-0.3, -0.25) is 9.11 Å². The average molecular weight is 549 g/mol. The molecule has 3 aromatic rings. The second-order valence-electron chi connectivity index (χ2n) is 7.48. The summed E-state index contributed by atoms with van der Waals surface area (Å²) in [6.45, 7) is 0.145. The molecule has 0 atom stereocenters. The molecule has 0 bridgehead atoms. The van der Waals surface area contributed by atoms with E-state index in [4.69, 9.17) is 0 Å². The number of alkyl halides is 5. The molecule has 0 saturated heterocycles. The van der Waals surface area contributed by atoms with Gasteiger partial charge in [0, 0.05) is 14.7 Å². The van der Waals surface area contributed by atoms with Crippen LogP contribution in [0.4, 0.5) is 22.0 Å². The van der Waals surface area contributed by atoms with E-state index < -0.39 is 47.3 Å². The molecule has 12 heteroatoms. The highest BCUT2D eigenvalue weighted by Gasteiger charge is 2.69. The molecule has 0 aliphatic rings. The molecule has 0 aliphatic heterocycles. The Morgan fingerprint density at radius 3 is 1.42 bits per heavy atom. The molecular weight excluding hydrogens is 527 g/mol. The Labute approximate surface area is 204 Å². The third-order valence-electron chi connectivity index (χ3n) is 5.15. The minimum absolute atomic E-state index is 0.143. The number of hydrogen-bond acceptors (Lipinski definition) is 3. The van der Waals surface area contributed by atoms with Crippen LogP contribution in [0.5, 0.6) is 0 Å².